The van der Waals surface area contributed by atoms with Gasteiger partial charge in [-0.3, -0.25) is 0 Å². The molecule has 3 rings (SSSR count). The van der Waals surface area contributed by atoms with Gasteiger partial charge in [0.05, 0.1) is 35.1 Å². The fraction of sp³-hybridized carbons (Fsp3) is 0.231. The molecule has 0 atom stereocenters. The van der Waals surface area contributed by atoms with Crippen molar-refractivity contribution in [1.29, 1.82) is 0 Å². The van der Waals surface area contributed by atoms with Crippen molar-refractivity contribution in [3.05, 3.63) is 34.3 Å². The number of nitrogens with zero attached hydrogens (tertiary/aromatic N) is 2. The van der Waals surface area contributed by atoms with E-state index >= 15 is 0 Å². The van der Waals surface area contributed by atoms with Crippen molar-refractivity contribution in [1.82, 2.24) is 9.97 Å². The molecule has 2 aromatic heterocycles. The SMILES string of the molecule is COc1ccc2nc(NCc3scnc3C)sc2c1. The number of nitrogens with one attached hydrogen (secondary N) is 1. The van der Waals surface area contributed by atoms with E-state index < -0.39 is 0 Å². The van der Waals surface area contributed by atoms with Gasteiger partial charge in [-0.05, 0) is 25.1 Å². The van der Waals surface area contributed by atoms with Gasteiger partial charge in [0.2, 0.25) is 0 Å². The number of hydrogen-bond donors (Lipinski definition) is 1. The Morgan fingerprint density at radius 1 is 1.37 bits per heavy atom. The predicted octanol–water partition coefficient (Wildman–Crippen LogP) is 3.68. The Labute approximate surface area is 119 Å². The van der Waals surface area contributed by atoms with Crippen LogP contribution in [0.5, 0.6) is 5.75 Å². The molecule has 3 aromatic rings. The highest BCUT2D eigenvalue weighted by Gasteiger charge is 2.06. The van der Waals surface area contributed by atoms with Crippen LogP contribution in [-0.4, -0.2) is 17.1 Å². The summed E-state index contributed by atoms with van der Waals surface area (Å²) in [6.45, 7) is 2.80. The summed E-state index contributed by atoms with van der Waals surface area (Å²) in [5.74, 6) is 0.862. The lowest BCUT2D eigenvalue weighted by Gasteiger charge is -1.99. The number of aryl methyl sites for hydroxylation is 1. The van der Waals surface area contributed by atoms with E-state index in [0.717, 1.165) is 33.3 Å². The van der Waals surface area contributed by atoms with Crippen molar-refractivity contribution in [2.45, 2.75) is 13.5 Å². The number of methoxy groups -OCH3 is 1. The lowest BCUT2D eigenvalue weighted by molar-refractivity contribution is 0.415. The third kappa shape index (κ3) is 2.54. The summed E-state index contributed by atoms with van der Waals surface area (Å²) in [7, 11) is 1.67. The van der Waals surface area contributed by atoms with Crippen LogP contribution in [0.3, 0.4) is 0 Å². The van der Waals surface area contributed by atoms with E-state index in [1.807, 2.05) is 30.6 Å². The number of rotatable bonds is 4. The molecule has 0 aliphatic carbocycles. The van der Waals surface area contributed by atoms with E-state index in [2.05, 4.69) is 15.3 Å². The molecule has 0 bridgehead atoms. The molecule has 1 aromatic carbocycles. The van der Waals surface area contributed by atoms with Gasteiger partial charge in [-0.1, -0.05) is 11.3 Å². The largest absolute Gasteiger partial charge is 0.497 e. The van der Waals surface area contributed by atoms with Crippen LogP contribution < -0.4 is 10.1 Å². The molecule has 0 aliphatic heterocycles. The molecule has 0 saturated carbocycles. The average molecular weight is 291 g/mol. The van der Waals surface area contributed by atoms with E-state index in [1.165, 1.54) is 4.88 Å². The van der Waals surface area contributed by atoms with E-state index in [4.69, 9.17) is 4.74 Å². The molecular formula is C13H13N3OS2. The maximum atomic E-state index is 5.22. The maximum absolute atomic E-state index is 5.22. The Kier molecular flexibility index (Phi) is 3.35. The second kappa shape index (κ2) is 5.14. The molecule has 1 N–H and O–H groups in total. The number of aromatic nitrogens is 2. The van der Waals surface area contributed by atoms with Crippen LogP contribution in [0.1, 0.15) is 10.6 Å². The van der Waals surface area contributed by atoms with Gasteiger partial charge >= 0.3 is 0 Å². The molecule has 0 unspecified atom stereocenters. The fourth-order valence-corrected chi connectivity index (χ4v) is 3.37. The summed E-state index contributed by atoms with van der Waals surface area (Å²) in [6, 6.07) is 5.92. The Morgan fingerprint density at radius 2 is 2.26 bits per heavy atom. The first-order valence-corrected chi connectivity index (χ1v) is 7.53. The summed E-state index contributed by atoms with van der Waals surface area (Å²) >= 11 is 3.30. The van der Waals surface area contributed by atoms with Gasteiger partial charge in [0.25, 0.3) is 0 Å². The fourth-order valence-electron chi connectivity index (χ4n) is 1.76. The molecular weight excluding hydrogens is 278 g/mol. The van der Waals surface area contributed by atoms with E-state index in [-0.39, 0.29) is 0 Å². The Balaban J connectivity index is 1.80. The number of anilines is 1. The van der Waals surface area contributed by atoms with Gasteiger partial charge < -0.3 is 10.1 Å². The first-order chi connectivity index (χ1) is 9.26. The number of fused-ring (bicyclic) bond motifs is 1. The van der Waals surface area contributed by atoms with Crippen LogP contribution in [0, 0.1) is 6.92 Å². The quantitative estimate of drug-likeness (QED) is 0.796. The third-order valence-electron chi connectivity index (χ3n) is 2.84. The molecule has 0 amide bonds. The molecule has 98 valence electrons. The normalized spacial score (nSPS) is 10.8. The van der Waals surface area contributed by atoms with Crippen molar-refractivity contribution < 1.29 is 4.74 Å². The molecule has 19 heavy (non-hydrogen) atoms. The summed E-state index contributed by atoms with van der Waals surface area (Å²) < 4.78 is 6.35. The van der Waals surface area contributed by atoms with Crippen molar-refractivity contribution in [2.75, 3.05) is 12.4 Å². The molecule has 0 fully saturated rings. The lowest BCUT2D eigenvalue weighted by atomic mass is 10.3. The molecule has 0 saturated heterocycles. The van der Waals surface area contributed by atoms with Crippen LogP contribution in [0.15, 0.2) is 23.7 Å². The summed E-state index contributed by atoms with van der Waals surface area (Å²) in [5.41, 5.74) is 3.95. The van der Waals surface area contributed by atoms with Crippen LogP contribution >= 0.6 is 22.7 Å². The van der Waals surface area contributed by atoms with Crippen LogP contribution in [0.2, 0.25) is 0 Å². The van der Waals surface area contributed by atoms with E-state index in [0.29, 0.717) is 0 Å². The van der Waals surface area contributed by atoms with Crippen molar-refractivity contribution in [3.8, 4) is 5.75 Å². The smallest absolute Gasteiger partial charge is 0.184 e. The highest BCUT2D eigenvalue weighted by molar-refractivity contribution is 7.22. The van der Waals surface area contributed by atoms with Gasteiger partial charge in [0.1, 0.15) is 5.75 Å². The van der Waals surface area contributed by atoms with Crippen molar-refractivity contribution in [3.63, 3.8) is 0 Å². The van der Waals surface area contributed by atoms with Gasteiger partial charge in [0, 0.05) is 4.88 Å². The van der Waals surface area contributed by atoms with Gasteiger partial charge in [-0.2, -0.15) is 0 Å². The van der Waals surface area contributed by atoms with E-state index in [1.54, 1.807) is 29.8 Å². The first kappa shape index (κ1) is 12.4. The number of benzene rings is 1. The molecule has 0 aliphatic rings. The topological polar surface area (TPSA) is 47.0 Å². The Bertz CT molecular complexity index is 705. The first-order valence-electron chi connectivity index (χ1n) is 5.83. The summed E-state index contributed by atoms with van der Waals surface area (Å²) in [5, 5.41) is 4.28. The minimum Gasteiger partial charge on any atom is -0.497 e. The molecule has 2 heterocycles. The zero-order valence-corrected chi connectivity index (χ0v) is 12.3. The zero-order chi connectivity index (χ0) is 13.2. The second-order valence-corrected chi connectivity index (χ2v) is 6.04. The molecule has 0 spiro atoms. The van der Waals surface area contributed by atoms with Crippen molar-refractivity contribution >= 4 is 38.0 Å². The van der Waals surface area contributed by atoms with Crippen molar-refractivity contribution in [2.24, 2.45) is 0 Å². The maximum Gasteiger partial charge on any atom is 0.184 e. The van der Waals surface area contributed by atoms with E-state index in [9.17, 15) is 0 Å². The lowest BCUT2D eigenvalue weighted by Crippen LogP contribution is -1.98. The van der Waals surface area contributed by atoms with Crippen LogP contribution in [0.25, 0.3) is 10.2 Å². The van der Waals surface area contributed by atoms with Crippen LogP contribution in [0.4, 0.5) is 5.13 Å². The second-order valence-electron chi connectivity index (χ2n) is 4.07. The zero-order valence-electron chi connectivity index (χ0n) is 10.6. The minimum atomic E-state index is 0.771. The van der Waals surface area contributed by atoms with Crippen LogP contribution in [-0.2, 0) is 6.54 Å². The van der Waals surface area contributed by atoms with Gasteiger partial charge in [-0.15, -0.1) is 11.3 Å². The van der Waals surface area contributed by atoms with Gasteiger partial charge in [0.15, 0.2) is 5.13 Å². The highest BCUT2D eigenvalue weighted by Crippen LogP contribution is 2.29. The third-order valence-corrected chi connectivity index (χ3v) is 4.75. The summed E-state index contributed by atoms with van der Waals surface area (Å²) in [4.78, 5) is 10.0. The Morgan fingerprint density at radius 3 is 3.00 bits per heavy atom. The number of thiazole rings is 2. The molecule has 6 heteroatoms. The number of ether oxygens (including phenoxy) is 1. The Hall–Kier alpha value is -1.66. The average Bonchev–Trinajstić information content (AvgIpc) is 3.01. The predicted molar refractivity (Wildman–Crippen MR) is 80.3 cm³/mol. The van der Waals surface area contributed by atoms with Gasteiger partial charge in [-0.25, -0.2) is 9.97 Å². The molecule has 4 nitrogen and oxygen atoms in total. The standard InChI is InChI=1S/C13H13N3OS2/c1-8-12(18-7-15-8)6-14-13-16-10-4-3-9(17-2)5-11(10)19-13/h3-5,7H,6H2,1-2H3,(H,14,16). The molecule has 0 radical (unpaired) electrons. The highest BCUT2D eigenvalue weighted by atomic mass is 32.1. The minimum absolute atomic E-state index is 0.771. The monoisotopic (exact) mass is 291 g/mol. The summed E-state index contributed by atoms with van der Waals surface area (Å²) in [6.07, 6.45) is 0. The number of hydrogen-bond acceptors (Lipinski definition) is 6.